The van der Waals surface area contributed by atoms with Crippen LogP contribution in [-0.4, -0.2) is 18.2 Å². The molecule has 0 amide bonds. The van der Waals surface area contributed by atoms with Crippen molar-refractivity contribution in [1.82, 2.24) is 5.16 Å². The van der Waals surface area contributed by atoms with Crippen LogP contribution in [0.15, 0.2) is 22.7 Å². The lowest BCUT2D eigenvalue weighted by atomic mass is 10.1. The zero-order valence-corrected chi connectivity index (χ0v) is 7.90. The van der Waals surface area contributed by atoms with Crippen LogP contribution in [0.25, 0.3) is 11.0 Å². The second-order valence-electron chi connectivity index (χ2n) is 2.94. The van der Waals surface area contributed by atoms with Crippen LogP contribution < -0.4 is 0 Å². The number of fused-ring (bicyclic) bond motifs is 1. The molecule has 14 heavy (non-hydrogen) atoms. The Morgan fingerprint density at radius 2 is 2.29 bits per heavy atom. The number of hydrogen-bond donors (Lipinski definition) is 0. The van der Waals surface area contributed by atoms with Gasteiger partial charge >= 0.3 is 5.97 Å². The van der Waals surface area contributed by atoms with Crippen molar-refractivity contribution in [3.8, 4) is 0 Å². The molecule has 0 fully saturated rings. The highest BCUT2D eigenvalue weighted by Gasteiger charge is 2.14. The second-order valence-corrected chi connectivity index (χ2v) is 2.94. The summed E-state index contributed by atoms with van der Waals surface area (Å²) in [7, 11) is 1.35. The van der Waals surface area contributed by atoms with Crippen LogP contribution in [0.3, 0.4) is 0 Å². The number of rotatable bonds is 1. The largest absolute Gasteiger partial charge is 0.465 e. The molecule has 0 atom stereocenters. The molecule has 1 aromatic carbocycles. The number of aryl methyl sites for hydroxylation is 1. The van der Waals surface area contributed by atoms with Crippen LogP contribution in [-0.2, 0) is 4.74 Å². The van der Waals surface area contributed by atoms with E-state index in [4.69, 9.17) is 4.52 Å². The smallest absolute Gasteiger partial charge is 0.338 e. The summed E-state index contributed by atoms with van der Waals surface area (Å²) in [6.45, 7) is 1.79. The van der Waals surface area contributed by atoms with Gasteiger partial charge in [-0.05, 0) is 19.1 Å². The average Bonchev–Trinajstić information content (AvgIpc) is 2.59. The molecule has 0 saturated heterocycles. The zero-order valence-electron chi connectivity index (χ0n) is 7.90. The summed E-state index contributed by atoms with van der Waals surface area (Å²) >= 11 is 0. The van der Waals surface area contributed by atoms with Gasteiger partial charge in [0, 0.05) is 0 Å². The molecule has 4 heteroatoms. The van der Waals surface area contributed by atoms with Crippen LogP contribution >= 0.6 is 0 Å². The van der Waals surface area contributed by atoms with Gasteiger partial charge in [0.25, 0.3) is 0 Å². The summed E-state index contributed by atoms with van der Waals surface area (Å²) in [4.78, 5) is 11.4. The van der Waals surface area contributed by atoms with E-state index >= 15 is 0 Å². The first-order chi connectivity index (χ1) is 6.74. The van der Waals surface area contributed by atoms with E-state index < -0.39 is 0 Å². The van der Waals surface area contributed by atoms with Crippen molar-refractivity contribution in [2.75, 3.05) is 7.11 Å². The van der Waals surface area contributed by atoms with Crippen LogP contribution in [0.5, 0.6) is 0 Å². The molecular formula is C10H9NO3. The third kappa shape index (κ3) is 1.16. The highest BCUT2D eigenvalue weighted by atomic mass is 16.5. The number of hydrogen-bond acceptors (Lipinski definition) is 4. The van der Waals surface area contributed by atoms with E-state index in [2.05, 4.69) is 9.89 Å². The van der Waals surface area contributed by atoms with Crippen molar-refractivity contribution in [1.29, 1.82) is 0 Å². The van der Waals surface area contributed by atoms with E-state index in [9.17, 15) is 4.79 Å². The van der Waals surface area contributed by atoms with E-state index in [0.29, 0.717) is 16.8 Å². The van der Waals surface area contributed by atoms with E-state index in [1.54, 1.807) is 25.1 Å². The summed E-state index contributed by atoms with van der Waals surface area (Å²) < 4.78 is 9.69. The van der Waals surface area contributed by atoms with Gasteiger partial charge in [-0.15, -0.1) is 0 Å². The SMILES string of the molecule is COC(=O)c1cccc2onc(C)c12. The number of ether oxygens (including phenoxy) is 1. The Morgan fingerprint density at radius 1 is 1.50 bits per heavy atom. The molecule has 1 aromatic heterocycles. The third-order valence-electron chi connectivity index (χ3n) is 2.07. The lowest BCUT2D eigenvalue weighted by Crippen LogP contribution is -2.01. The number of benzene rings is 1. The molecule has 2 aromatic rings. The fourth-order valence-electron chi connectivity index (χ4n) is 1.42. The van der Waals surface area contributed by atoms with Gasteiger partial charge in [-0.25, -0.2) is 4.79 Å². The monoisotopic (exact) mass is 191 g/mol. The summed E-state index contributed by atoms with van der Waals surface area (Å²) in [5.41, 5.74) is 1.79. The minimum absolute atomic E-state index is 0.373. The summed E-state index contributed by atoms with van der Waals surface area (Å²) in [5.74, 6) is -0.373. The first-order valence-electron chi connectivity index (χ1n) is 4.17. The Morgan fingerprint density at radius 3 is 3.00 bits per heavy atom. The molecular weight excluding hydrogens is 182 g/mol. The minimum Gasteiger partial charge on any atom is -0.465 e. The van der Waals surface area contributed by atoms with Gasteiger partial charge in [0.05, 0.1) is 23.8 Å². The van der Waals surface area contributed by atoms with E-state index in [1.165, 1.54) is 7.11 Å². The second kappa shape index (κ2) is 3.14. The molecule has 2 rings (SSSR count). The molecule has 72 valence electrons. The minimum atomic E-state index is -0.373. The van der Waals surface area contributed by atoms with Crippen molar-refractivity contribution < 1.29 is 14.1 Å². The van der Waals surface area contributed by atoms with Crippen molar-refractivity contribution in [3.63, 3.8) is 0 Å². The van der Waals surface area contributed by atoms with Gasteiger partial charge in [-0.3, -0.25) is 0 Å². The Hall–Kier alpha value is -1.84. The maximum Gasteiger partial charge on any atom is 0.338 e. The number of methoxy groups -OCH3 is 1. The fraction of sp³-hybridized carbons (Fsp3) is 0.200. The molecule has 0 spiro atoms. The molecule has 0 N–H and O–H groups in total. The molecule has 0 bridgehead atoms. The van der Waals surface area contributed by atoms with Gasteiger partial charge in [0.1, 0.15) is 0 Å². The van der Waals surface area contributed by atoms with Gasteiger partial charge in [0.15, 0.2) is 5.58 Å². The van der Waals surface area contributed by atoms with E-state index in [1.807, 2.05) is 0 Å². The van der Waals surface area contributed by atoms with Crippen LogP contribution in [0, 0.1) is 6.92 Å². The van der Waals surface area contributed by atoms with Crippen LogP contribution in [0.1, 0.15) is 16.1 Å². The lowest BCUT2D eigenvalue weighted by molar-refractivity contribution is 0.0603. The maximum absolute atomic E-state index is 11.4. The number of nitrogens with zero attached hydrogens (tertiary/aromatic N) is 1. The zero-order chi connectivity index (χ0) is 10.1. The Balaban J connectivity index is 2.75. The standard InChI is InChI=1S/C10H9NO3/c1-6-9-7(10(12)13-2)4-3-5-8(9)14-11-6/h3-5H,1-2H3. The Bertz CT molecular complexity index is 487. The number of carbonyl (C=O) groups excluding carboxylic acids is 1. The van der Waals surface area contributed by atoms with Crippen molar-refractivity contribution >= 4 is 16.9 Å². The predicted molar refractivity (Wildman–Crippen MR) is 50.1 cm³/mol. The van der Waals surface area contributed by atoms with Gasteiger partial charge in [-0.2, -0.15) is 0 Å². The average molecular weight is 191 g/mol. The molecule has 0 unspecified atom stereocenters. The lowest BCUT2D eigenvalue weighted by Gasteiger charge is -1.99. The topological polar surface area (TPSA) is 52.3 Å². The van der Waals surface area contributed by atoms with E-state index in [-0.39, 0.29) is 5.97 Å². The summed E-state index contributed by atoms with van der Waals surface area (Å²) in [6.07, 6.45) is 0. The summed E-state index contributed by atoms with van der Waals surface area (Å²) in [5, 5.41) is 4.51. The number of carbonyl (C=O) groups is 1. The molecule has 0 radical (unpaired) electrons. The molecule has 1 heterocycles. The van der Waals surface area contributed by atoms with Crippen molar-refractivity contribution in [3.05, 3.63) is 29.5 Å². The van der Waals surface area contributed by atoms with Crippen molar-refractivity contribution in [2.45, 2.75) is 6.92 Å². The highest BCUT2D eigenvalue weighted by molar-refractivity contribution is 6.03. The fourth-order valence-corrected chi connectivity index (χ4v) is 1.42. The van der Waals surface area contributed by atoms with Gasteiger partial charge in [0.2, 0.25) is 0 Å². The predicted octanol–water partition coefficient (Wildman–Crippen LogP) is 1.92. The molecule has 0 saturated carbocycles. The van der Waals surface area contributed by atoms with Crippen molar-refractivity contribution in [2.24, 2.45) is 0 Å². The number of aromatic nitrogens is 1. The Kier molecular flexibility index (Phi) is 1.96. The first kappa shape index (κ1) is 8.74. The quantitative estimate of drug-likeness (QED) is 0.646. The third-order valence-corrected chi connectivity index (χ3v) is 2.07. The van der Waals surface area contributed by atoms with Crippen LogP contribution in [0.4, 0.5) is 0 Å². The van der Waals surface area contributed by atoms with E-state index in [0.717, 1.165) is 5.39 Å². The summed E-state index contributed by atoms with van der Waals surface area (Å²) in [6, 6.07) is 5.19. The number of esters is 1. The highest BCUT2D eigenvalue weighted by Crippen LogP contribution is 2.22. The molecule has 0 aliphatic carbocycles. The molecule has 0 aliphatic rings. The molecule has 0 aliphatic heterocycles. The Labute approximate surface area is 80.4 Å². The molecule has 4 nitrogen and oxygen atoms in total. The maximum atomic E-state index is 11.4. The first-order valence-corrected chi connectivity index (χ1v) is 4.17. The van der Waals surface area contributed by atoms with Gasteiger partial charge < -0.3 is 9.26 Å². The van der Waals surface area contributed by atoms with Gasteiger partial charge in [-0.1, -0.05) is 11.2 Å². The van der Waals surface area contributed by atoms with Crippen LogP contribution in [0.2, 0.25) is 0 Å². The normalized spacial score (nSPS) is 10.4.